The predicted molar refractivity (Wildman–Crippen MR) is 110 cm³/mol. The van der Waals surface area contributed by atoms with Gasteiger partial charge in [0.1, 0.15) is 17.9 Å². The van der Waals surface area contributed by atoms with E-state index in [1.165, 1.54) is 0 Å². The average molecular weight is 437 g/mol. The number of hydrogen-bond acceptors (Lipinski definition) is 4. The number of carbonyl (C=O) groups is 1. The quantitative estimate of drug-likeness (QED) is 0.497. The van der Waals surface area contributed by atoms with Gasteiger partial charge in [0.15, 0.2) is 6.61 Å². The first-order valence-electron chi connectivity index (χ1n) is 8.71. The van der Waals surface area contributed by atoms with Gasteiger partial charge >= 0.3 is 0 Å². The largest absolute Gasteiger partial charge is 0.483 e. The van der Waals surface area contributed by atoms with E-state index in [4.69, 9.17) is 4.74 Å². The van der Waals surface area contributed by atoms with E-state index in [0.717, 1.165) is 26.6 Å². The van der Waals surface area contributed by atoms with Crippen LogP contribution in [0.25, 0.3) is 16.6 Å². The number of amides is 1. The fraction of sp³-hybridized carbons (Fsp3) is 0.0952. The molecule has 140 valence electrons. The third-order valence-electron chi connectivity index (χ3n) is 4.28. The van der Waals surface area contributed by atoms with Gasteiger partial charge in [0.2, 0.25) is 0 Å². The number of imidazole rings is 1. The van der Waals surface area contributed by atoms with Crippen LogP contribution in [0.3, 0.4) is 0 Å². The molecule has 0 atom stereocenters. The van der Waals surface area contributed by atoms with Crippen molar-refractivity contribution in [2.45, 2.75) is 6.54 Å². The molecule has 0 spiro atoms. The van der Waals surface area contributed by atoms with E-state index in [-0.39, 0.29) is 12.5 Å². The van der Waals surface area contributed by atoms with Crippen LogP contribution in [0, 0.1) is 0 Å². The van der Waals surface area contributed by atoms with Crippen LogP contribution < -0.4 is 10.1 Å². The minimum Gasteiger partial charge on any atom is -0.483 e. The molecule has 0 radical (unpaired) electrons. The molecule has 4 rings (SSSR count). The third kappa shape index (κ3) is 3.89. The van der Waals surface area contributed by atoms with E-state index in [9.17, 15) is 4.79 Å². The lowest BCUT2D eigenvalue weighted by Crippen LogP contribution is -2.29. The summed E-state index contributed by atoms with van der Waals surface area (Å²) in [6.07, 6.45) is 6.88. The first kappa shape index (κ1) is 18.2. The molecular formula is C21H17BrN4O2. The first-order valence-corrected chi connectivity index (χ1v) is 9.50. The monoisotopic (exact) mass is 436 g/mol. The Labute approximate surface area is 170 Å². The molecule has 0 fully saturated rings. The maximum atomic E-state index is 12.3. The molecule has 0 bridgehead atoms. The number of ether oxygens (including phenoxy) is 1. The standard InChI is InChI=1S/C21H17BrN4O2/c22-20-17-6-2-1-4-15(17)7-8-18(20)28-13-19(27)25-12-16-5-3-9-24-21(16)26-11-10-23-14-26/h1-11,14H,12-13H2,(H,25,27). The Hall–Kier alpha value is -3.19. The zero-order valence-electron chi connectivity index (χ0n) is 14.9. The lowest BCUT2D eigenvalue weighted by Gasteiger charge is -2.12. The van der Waals surface area contributed by atoms with Gasteiger partial charge in [0.05, 0.1) is 4.47 Å². The lowest BCUT2D eigenvalue weighted by molar-refractivity contribution is -0.123. The summed E-state index contributed by atoms with van der Waals surface area (Å²) in [5, 5.41) is 5.02. The highest BCUT2D eigenvalue weighted by Crippen LogP contribution is 2.32. The molecule has 0 aliphatic heterocycles. The fourth-order valence-electron chi connectivity index (χ4n) is 2.90. The highest BCUT2D eigenvalue weighted by atomic mass is 79.9. The van der Waals surface area contributed by atoms with Gasteiger partial charge in [-0.1, -0.05) is 36.4 Å². The van der Waals surface area contributed by atoms with Crippen LogP contribution in [-0.2, 0) is 11.3 Å². The van der Waals surface area contributed by atoms with E-state index >= 15 is 0 Å². The Morgan fingerprint density at radius 1 is 1.11 bits per heavy atom. The SMILES string of the molecule is O=C(COc1ccc2ccccc2c1Br)NCc1cccnc1-n1ccnc1. The van der Waals surface area contributed by atoms with Crippen molar-refractivity contribution >= 4 is 32.6 Å². The van der Waals surface area contributed by atoms with Crippen molar-refractivity contribution < 1.29 is 9.53 Å². The summed E-state index contributed by atoms with van der Waals surface area (Å²) in [5.41, 5.74) is 0.890. The minimum absolute atomic E-state index is 0.0718. The molecular weight excluding hydrogens is 420 g/mol. The maximum absolute atomic E-state index is 12.3. The number of nitrogens with one attached hydrogen (secondary N) is 1. The van der Waals surface area contributed by atoms with Crippen molar-refractivity contribution in [2.75, 3.05) is 6.61 Å². The summed E-state index contributed by atoms with van der Waals surface area (Å²) in [7, 11) is 0. The zero-order valence-corrected chi connectivity index (χ0v) is 16.5. The zero-order chi connectivity index (χ0) is 19.3. The van der Waals surface area contributed by atoms with Gasteiger partial charge in [-0.3, -0.25) is 9.36 Å². The molecule has 1 N–H and O–H groups in total. The molecule has 0 unspecified atom stereocenters. The number of hydrogen-bond donors (Lipinski definition) is 1. The predicted octanol–water partition coefficient (Wildman–Crippen LogP) is 3.88. The Morgan fingerprint density at radius 3 is 2.86 bits per heavy atom. The van der Waals surface area contributed by atoms with Crippen molar-refractivity contribution in [3.8, 4) is 11.6 Å². The summed E-state index contributed by atoms with van der Waals surface area (Å²) in [6.45, 7) is 0.278. The number of fused-ring (bicyclic) bond motifs is 1. The summed E-state index contributed by atoms with van der Waals surface area (Å²) >= 11 is 3.57. The molecule has 4 aromatic rings. The Kier molecular flexibility index (Phi) is 5.34. The van der Waals surface area contributed by atoms with Gasteiger partial charge < -0.3 is 10.1 Å². The van der Waals surface area contributed by atoms with Crippen molar-refractivity contribution in [1.29, 1.82) is 0 Å². The van der Waals surface area contributed by atoms with E-state index in [0.29, 0.717) is 12.3 Å². The summed E-state index contributed by atoms with van der Waals surface area (Å²) < 4.78 is 8.36. The molecule has 6 nitrogen and oxygen atoms in total. The number of pyridine rings is 1. The van der Waals surface area contributed by atoms with Gasteiger partial charge in [0.25, 0.3) is 5.91 Å². The summed E-state index contributed by atoms with van der Waals surface area (Å²) in [4.78, 5) is 20.7. The van der Waals surface area contributed by atoms with E-state index < -0.39 is 0 Å². The number of halogens is 1. The Morgan fingerprint density at radius 2 is 2.00 bits per heavy atom. The third-order valence-corrected chi connectivity index (χ3v) is 5.10. The van der Waals surface area contributed by atoms with Crippen LogP contribution >= 0.6 is 15.9 Å². The second kappa shape index (κ2) is 8.22. The number of carbonyl (C=O) groups excluding carboxylic acids is 1. The molecule has 2 heterocycles. The normalized spacial score (nSPS) is 10.8. The van der Waals surface area contributed by atoms with Crippen LogP contribution in [0.1, 0.15) is 5.56 Å². The number of benzene rings is 2. The van der Waals surface area contributed by atoms with Crippen LogP contribution in [0.2, 0.25) is 0 Å². The average Bonchev–Trinajstić information content (AvgIpc) is 3.27. The van der Waals surface area contributed by atoms with Gasteiger partial charge in [-0.05, 0) is 38.8 Å². The minimum atomic E-state index is -0.208. The fourth-order valence-corrected chi connectivity index (χ4v) is 3.51. The van der Waals surface area contributed by atoms with Gasteiger partial charge in [-0.2, -0.15) is 0 Å². The highest BCUT2D eigenvalue weighted by molar-refractivity contribution is 9.10. The second-order valence-electron chi connectivity index (χ2n) is 6.12. The molecule has 0 saturated heterocycles. The maximum Gasteiger partial charge on any atom is 0.258 e. The van der Waals surface area contributed by atoms with Crippen LogP contribution in [0.5, 0.6) is 5.75 Å². The number of nitrogens with zero attached hydrogens (tertiary/aromatic N) is 3. The summed E-state index contributed by atoms with van der Waals surface area (Å²) in [6, 6.07) is 15.6. The molecule has 2 aromatic carbocycles. The van der Waals surface area contributed by atoms with E-state index in [2.05, 4.69) is 31.2 Å². The van der Waals surface area contributed by atoms with Crippen LogP contribution in [-0.4, -0.2) is 27.0 Å². The molecule has 0 aliphatic carbocycles. The van der Waals surface area contributed by atoms with Crippen molar-refractivity contribution in [2.24, 2.45) is 0 Å². The number of aromatic nitrogens is 3. The van der Waals surface area contributed by atoms with Crippen LogP contribution in [0.4, 0.5) is 0 Å². The Bertz CT molecular complexity index is 1110. The smallest absolute Gasteiger partial charge is 0.258 e. The highest BCUT2D eigenvalue weighted by Gasteiger charge is 2.10. The molecule has 2 aromatic heterocycles. The van der Waals surface area contributed by atoms with Gasteiger partial charge in [0, 0.05) is 30.7 Å². The summed E-state index contributed by atoms with van der Waals surface area (Å²) in [5.74, 6) is 1.16. The molecule has 7 heteroatoms. The van der Waals surface area contributed by atoms with Crippen LogP contribution in [0.15, 0.2) is 77.9 Å². The molecule has 0 aliphatic rings. The first-order chi connectivity index (χ1) is 13.7. The molecule has 28 heavy (non-hydrogen) atoms. The van der Waals surface area contributed by atoms with E-state index in [1.807, 2.05) is 59.3 Å². The van der Waals surface area contributed by atoms with Crippen molar-refractivity contribution in [1.82, 2.24) is 19.9 Å². The van der Waals surface area contributed by atoms with Gasteiger partial charge in [-0.25, -0.2) is 9.97 Å². The Balaban J connectivity index is 1.39. The molecule has 0 saturated carbocycles. The van der Waals surface area contributed by atoms with E-state index in [1.54, 1.807) is 18.7 Å². The molecule has 1 amide bonds. The lowest BCUT2D eigenvalue weighted by atomic mass is 10.1. The van der Waals surface area contributed by atoms with Gasteiger partial charge in [-0.15, -0.1) is 0 Å². The topological polar surface area (TPSA) is 69.0 Å². The van der Waals surface area contributed by atoms with Crippen molar-refractivity contribution in [3.05, 3.63) is 83.5 Å². The second-order valence-corrected chi connectivity index (χ2v) is 6.91. The number of rotatable bonds is 6. The van der Waals surface area contributed by atoms with Crippen molar-refractivity contribution in [3.63, 3.8) is 0 Å².